The summed E-state index contributed by atoms with van der Waals surface area (Å²) in [5.41, 5.74) is -3.23. The molecule has 43 heavy (non-hydrogen) atoms. The number of aliphatic hydroxyl groups is 6. The van der Waals surface area contributed by atoms with Crippen molar-refractivity contribution in [3.63, 3.8) is 0 Å². The highest BCUT2D eigenvalue weighted by Crippen LogP contribution is 2.58. The lowest BCUT2D eigenvalue weighted by Gasteiger charge is -2.39. The van der Waals surface area contributed by atoms with Crippen molar-refractivity contribution in [2.75, 3.05) is 48.3 Å². The quantitative estimate of drug-likeness (QED) is 0.179. The minimum Gasteiger partial charge on any atom is -0.502 e. The number of methoxy groups -OCH3 is 4. The first-order valence-corrected chi connectivity index (χ1v) is 13.3. The largest absolute Gasteiger partial charge is 0.502 e. The lowest BCUT2D eigenvalue weighted by molar-refractivity contribution is -0.277. The molecule has 7 N–H and O–H groups in total. The van der Waals surface area contributed by atoms with Gasteiger partial charge in [-0.05, 0) is 35.4 Å². The van der Waals surface area contributed by atoms with E-state index in [-0.39, 0.29) is 47.7 Å². The van der Waals surface area contributed by atoms with Crippen molar-refractivity contribution in [1.82, 2.24) is 0 Å². The van der Waals surface area contributed by atoms with Crippen LogP contribution in [-0.4, -0.2) is 126 Å². The standard InChI is InChI=1S/C28H36O15/c1-36-14-5-12(6-15(37-2)19(14)30)24-27(34)10-41-25(28(27,35)11-40-24)13-7-16(38-3)23(17(8-13)39-4)43-26-22(33)21(32)20(31)18(9-29)42-26/h5-8,18,20-22,24-26,29-35H,9-11H2,1-4H3. The van der Waals surface area contributed by atoms with E-state index in [0.717, 1.165) is 0 Å². The highest BCUT2D eigenvalue weighted by Gasteiger charge is 2.69. The second kappa shape index (κ2) is 11.8. The molecule has 3 saturated heterocycles. The fraction of sp³-hybridized carbons (Fsp3) is 0.571. The Morgan fingerprint density at radius 3 is 1.58 bits per heavy atom. The smallest absolute Gasteiger partial charge is 0.229 e. The normalized spacial score (nSPS) is 35.3. The van der Waals surface area contributed by atoms with Crippen LogP contribution < -0.4 is 23.7 Å². The molecule has 2 aromatic carbocycles. The monoisotopic (exact) mass is 612 g/mol. The summed E-state index contributed by atoms with van der Waals surface area (Å²) in [6, 6.07) is 5.87. The summed E-state index contributed by atoms with van der Waals surface area (Å²) in [4.78, 5) is 0. The van der Waals surface area contributed by atoms with Gasteiger partial charge >= 0.3 is 0 Å². The molecule has 15 nitrogen and oxygen atoms in total. The first-order valence-electron chi connectivity index (χ1n) is 13.3. The molecule has 2 aromatic rings. The Bertz CT molecular complexity index is 1270. The van der Waals surface area contributed by atoms with Gasteiger partial charge in [0.2, 0.25) is 17.8 Å². The molecule has 0 radical (unpaired) electrons. The van der Waals surface area contributed by atoms with E-state index in [1.807, 2.05) is 0 Å². The van der Waals surface area contributed by atoms with Crippen LogP contribution in [0.1, 0.15) is 23.3 Å². The van der Waals surface area contributed by atoms with Gasteiger partial charge in [-0.25, -0.2) is 0 Å². The van der Waals surface area contributed by atoms with Crippen LogP contribution in [0.25, 0.3) is 0 Å². The van der Waals surface area contributed by atoms with E-state index in [9.17, 15) is 35.7 Å². The van der Waals surface area contributed by atoms with Crippen LogP contribution in [0.3, 0.4) is 0 Å². The number of ether oxygens (including phenoxy) is 8. The van der Waals surface area contributed by atoms with Crippen LogP contribution in [-0.2, 0) is 14.2 Å². The topological polar surface area (TPSA) is 215 Å². The highest BCUT2D eigenvalue weighted by atomic mass is 16.7. The SMILES string of the molecule is COc1cc(C2OCC3(O)C(c4cc(OC)c(OC5OC(CO)C(O)C(O)C5O)c(OC)c4)OCC23O)cc(OC)c1O. The Morgan fingerprint density at radius 1 is 0.721 bits per heavy atom. The van der Waals surface area contributed by atoms with Gasteiger partial charge in [-0.15, -0.1) is 0 Å². The number of benzene rings is 2. The van der Waals surface area contributed by atoms with Crippen molar-refractivity contribution in [2.45, 2.75) is 54.1 Å². The fourth-order valence-corrected chi connectivity index (χ4v) is 5.81. The number of aliphatic hydroxyl groups excluding tert-OH is 4. The summed E-state index contributed by atoms with van der Waals surface area (Å²) >= 11 is 0. The third-order valence-electron chi connectivity index (χ3n) is 8.23. The Balaban J connectivity index is 1.47. The van der Waals surface area contributed by atoms with Crippen molar-refractivity contribution in [3.8, 4) is 34.5 Å². The number of rotatable bonds is 9. The number of hydrogen-bond donors (Lipinski definition) is 7. The highest BCUT2D eigenvalue weighted by molar-refractivity contribution is 5.56. The molecule has 0 aliphatic carbocycles. The fourth-order valence-electron chi connectivity index (χ4n) is 5.81. The number of phenolic OH excluding ortho intramolecular Hbond substituents is 1. The van der Waals surface area contributed by atoms with Gasteiger partial charge in [0.05, 0.1) is 48.3 Å². The average Bonchev–Trinajstić information content (AvgIpc) is 3.43. The third kappa shape index (κ3) is 4.90. The number of phenols is 1. The lowest BCUT2D eigenvalue weighted by atomic mass is 9.77. The van der Waals surface area contributed by atoms with Gasteiger partial charge in [-0.1, -0.05) is 0 Å². The average molecular weight is 613 g/mol. The zero-order chi connectivity index (χ0) is 31.3. The first kappa shape index (κ1) is 31.3. The molecule has 9 unspecified atom stereocenters. The van der Waals surface area contributed by atoms with Gasteiger partial charge in [0, 0.05) is 0 Å². The van der Waals surface area contributed by atoms with E-state index in [2.05, 4.69) is 0 Å². The van der Waals surface area contributed by atoms with E-state index >= 15 is 0 Å². The predicted molar refractivity (Wildman–Crippen MR) is 142 cm³/mol. The Labute approximate surface area is 246 Å². The van der Waals surface area contributed by atoms with Crippen molar-refractivity contribution in [2.24, 2.45) is 0 Å². The molecule has 5 rings (SSSR count). The molecule has 3 fully saturated rings. The molecule has 3 aliphatic heterocycles. The van der Waals surface area contributed by atoms with E-state index in [0.29, 0.717) is 11.1 Å². The molecule has 9 atom stereocenters. The Morgan fingerprint density at radius 2 is 1.16 bits per heavy atom. The predicted octanol–water partition coefficient (Wildman–Crippen LogP) is -1.09. The van der Waals surface area contributed by atoms with Crippen LogP contribution in [0.2, 0.25) is 0 Å². The number of aromatic hydroxyl groups is 1. The minimum absolute atomic E-state index is 0.0532. The Kier molecular flexibility index (Phi) is 8.56. The zero-order valence-electron chi connectivity index (χ0n) is 23.9. The third-order valence-corrected chi connectivity index (χ3v) is 8.23. The van der Waals surface area contributed by atoms with E-state index in [1.54, 1.807) is 0 Å². The van der Waals surface area contributed by atoms with Crippen molar-refractivity contribution < 1.29 is 73.6 Å². The summed E-state index contributed by atoms with van der Waals surface area (Å²) in [6.45, 7) is -1.32. The van der Waals surface area contributed by atoms with E-state index in [4.69, 9.17) is 37.9 Å². The molecule has 15 heteroatoms. The van der Waals surface area contributed by atoms with Crippen LogP contribution in [0.15, 0.2) is 24.3 Å². The van der Waals surface area contributed by atoms with Crippen LogP contribution in [0.5, 0.6) is 34.5 Å². The molecule has 238 valence electrons. The maximum absolute atomic E-state index is 11.9. The van der Waals surface area contributed by atoms with Crippen LogP contribution in [0.4, 0.5) is 0 Å². The first-order chi connectivity index (χ1) is 20.5. The molecule has 0 amide bonds. The number of hydrogen-bond acceptors (Lipinski definition) is 15. The van der Waals surface area contributed by atoms with E-state index in [1.165, 1.54) is 52.7 Å². The van der Waals surface area contributed by atoms with Crippen molar-refractivity contribution >= 4 is 0 Å². The van der Waals surface area contributed by atoms with Crippen LogP contribution in [0, 0.1) is 0 Å². The summed E-state index contributed by atoms with van der Waals surface area (Å²) in [5.74, 6) is -0.0226. The second-order valence-electron chi connectivity index (χ2n) is 10.6. The minimum atomic E-state index is -1.97. The molecule has 0 saturated carbocycles. The van der Waals surface area contributed by atoms with Gasteiger partial charge in [0.1, 0.15) is 36.6 Å². The molecule has 0 bridgehead atoms. The number of fused-ring (bicyclic) bond motifs is 1. The maximum Gasteiger partial charge on any atom is 0.229 e. The van der Waals surface area contributed by atoms with Gasteiger partial charge in [0.25, 0.3) is 0 Å². The second-order valence-corrected chi connectivity index (χ2v) is 10.6. The zero-order valence-corrected chi connectivity index (χ0v) is 23.9. The van der Waals surface area contributed by atoms with Crippen LogP contribution >= 0.6 is 0 Å². The van der Waals surface area contributed by atoms with Gasteiger partial charge in [-0.3, -0.25) is 0 Å². The summed E-state index contributed by atoms with van der Waals surface area (Å²) in [5, 5.41) is 74.3. The van der Waals surface area contributed by atoms with Crippen molar-refractivity contribution in [3.05, 3.63) is 35.4 Å². The maximum atomic E-state index is 11.9. The van der Waals surface area contributed by atoms with E-state index < -0.39 is 60.7 Å². The van der Waals surface area contributed by atoms with Gasteiger partial charge < -0.3 is 73.6 Å². The lowest BCUT2D eigenvalue weighted by Crippen LogP contribution is -2.60. The molecule has 3 heterocycles. The molecular weight excluding hydrogens is 576 g/mol. The molecule has 0 spiro atoms. The summed E-state index contributed by atoms with van der Waals surface area (Å²) in [6.07, 6.45) is -9.91. The molecule has 3 aliphatic rings. The summed E-state index contributed by atoms with van der Waals surface area (Å²) in [7, 11) is 5.39. The summed E-state index contributed by atoms with van der Waals surface area (Å²) < 4.78 is 44.6. The van der Waals surface area contributed by atoms with Gasteiger partial charge in [0.15, 0.2) is 34.2 Å². The Hall–Kier alpha value is -3.12. The van der Waals surface area contributed by atoms with Gasteiger partial charge in [-0.2, -0.15) is 0 Å². The molecule has 0 aromatic heterocycles. The van der Waals surface area contributed by atoms with Crippen molar-refractivity contribution in [1.29, 1.82) is 0 Å². The molecular formula is C28H36O15.